The van der Waals surface area contributed by atoms with Crippen molar-refractivity contribution in [3.05, 3.63) is 93.2 Å². The quantitative estimate of drug-likeness (QED) is 0.285. The van der Waals surface area contributed by atoms with Crippen molar-refractivity contribution in [2.45, 2.75) is 20.8 Å². The van der Waals surface area contributed by atoms with Gasteiger partial charge in [0, 0.05) is 21.1 Å². The zero-order chi connectivity index (χ0) is 24.9. The first-order chi connectivity index (χ1) is 16.8. The highest BCUT2D eigenvalue weighted by Gasteiger charge is 2.37. The second-order valence-corrected chi connectivity index (χ2v) is 9.24. The van der Waals surface area contributed by atoms with Crippen LogP contribution in [-0.2, 0) is 9.59 Å². The predicted molar refractivity (Wildman–Crippen MR) is 138 cm³/mol. The number of benzene rings is 3. The second-order valence-electron chi connectivity index (χ2n) is 8.39. The van der Waals surface area contributed by atoms with E-state index in [4.69, 9.17) is 5.10 Å². The summed E-state index contributed by atoms with van der Waals surface area (Å²) in [7, 11) is 0. The number of fused-ring (bicyclic) bond motifs is 1. The number of aryl methyl sites for hydroxylation is 2. The van der Waals surface area contributed by atoms with Gasteiger partial charge in [0.15, 0.2) is 0 Å². The highest BCUT2D eigenvalue weighted by atomic mass is 79.9. The van der Waals surface area contributed by atoms with Crippen molar-refractivity contribution in [3.63, 3.8) is 0 Å². The van der Waals surface area contributed by atoms with Crippen LogP contribution in [0.3, 0.4) is 0 Å². The third kappa shape index (κ3) is 3.85. The van der Waals surface area contributed by atoms with Crippen molar-refractivity contribution >= 4 is 56.3 Å². The molecule has 1 fully saturated rings. The van der Waals surface area contributed by atoms with Gasteiger partial charge in [0.05, 0.1) is 17.1 Å². The van der Waals surface area contributed by atoms with Gasteiger partial charge in [-0.25, -0.2) is 14.4 Å². The summed E-state index contributed by atoms with van der Waals surface area (Å²) < 4.78 is 2.67. The lowest BCUT2D eigenvalue weighted by Gasteiger charge is -2.26. The number of hydrogen-bond acceptors (Lipinski definition) is 4. The summed E-state index contributed by atoms with van der Waals surface area (Å²) in [4.78, 5) is 39.6. The van der Waals surface area contributed by atoms with Crippen LogP contribution in [0.1, 0.15) is 22.5 Å². The van der Waals surface area contributed by atoms with E-state index in [0.717, 1.165) is 37.1 Å². The Balaban J connectivity index is 1.60. The van der Waals surface area contributed by atoms with Gasteiger partial charge >= 0.3 is 6.03 Å². The van der Waals surface area contributed by atoms with Crippen molar-refractivity contribution in [3.8, 4) is 5.69 Å². The van der Waals surface area contributed by atoms with E-state index in [2.05, 4.69) is 21.2 Å². The van der Waals surface area contributed by atoms with Gasteiger partial charge in [-0.05, 0) is 62.1 Å². The molecule has 8 heteroatoms. The summed E-state index contributed by atoms with van der Waals surface area (Å²) in [5.41, 5.74) is 4.09. The molecule has 1 aliphatic rings. The van der Waals surface area contributed by atoms with Crippen LogP contribution < -0.4 is 10.2 Å². The number of rotatable bonds is 3. The molecule has 4 aromatic rings. The Hall–Kier alpha value is -4.04. The fraction of sp³-hybridized carbons (Fsp3) is 0.111. The largest absolute Gasteiger partial charge is 0.335 e. The average Bonchev–Trinajstić information content (AvgIpc) is 3.11. The Labute approximate surface area is 210 Å². The minimum Gasteiger partial charge on any atom is -0.273 e. The Morgan fingerprint density at radius 1 is 0.943 bits per heavy atom. The number of halogens is 1. The molecule has 7 nitrogen and oxygen atoms in total. The van der Waals surface area contributed by atoms with Crippen molar-refractivity contribution < 1.29 is 14.4 Å². The van der Waals surface area contributed by atoms with Gasteiger partial charge in [-0.2, -0.15) is 5.10 Å². The maximum atomic E-state index is 13.4. The number of nitrogens with one attached hydrogen (secondary N) is 1. The van der Waals surface area contributed by atoms with Crippen LogP contribution in [0.5, 0.6) is 0 Å². The molecule has 0 atom stereocenters. The van der Waals surface area contributed by atoms with Gasteiger partial charge in [0.1, 0.15) is 5.57 Å². The van der Waals surface area contributed by atoms with Gasteiger partial charge in [0.25, 0.3) is 11.8 Å². The number of carbonyl (C=O) groups excluding carboxylic acids is 3. The average molecular weight is 529 g/mol. The fourth-order valence-electron chi connectivity index (χ4n) is 4.30. The first-order valence-corrected chi connectivity index (χ1v) is 11.8. The van der Waals surface area contributed by atoms with Gasteiger partial charge in [-0.1, -0.05) is 52.3 Å². The number of urea groups is 1. The lowest BCUT2D eigenvalue weighted by Crippen LogP contribution is -2.54. The monoisotopic (exact) mass is 528 g/mol. The third-order valence-corrected chi connectivity index (χ3v) is 7.02. The van der Waals surface area contributed by atoms with Crippen LogP contribution >= 0.6 is 15.9 Å². The van der Waals surface area contributed by atoms with Crippen LogP contribution in [-0.4, -0.2) is 27.6 Å². The molecule has 35 heavy (non-hydrogen) atoms. The summed E-state index contributed by atoms with van der Waals surface area (Å²) in [6, 6.07) is 18.3. The lowest BCUT2D eigenvalue weighted by molar-refractivity contribution is -0.122. The number of amides is 4. The summed E-state index contributed by atoms with van der Waals surface area (Å²) in [5.74, 6) is -1.42. The number of carbonyl (C=O) groups is 3. The van der Waals surface area contributed by atoms with Crippen LogP contribution in [0.15, 0.2) is 70.7 Å². The second kappa shape index (κ2) is 8.63. The van der Waals surface area contributed by atoms with E-state index in [-0.39, 0.29) is 5.57 Å². The molecule has 2 heterocycles. The Morgan fingerprint density at radius 3 is 2.46 bits per heavy atom. The predicted octanol–water partition coefficient (Wildman–Crippen LogP) is 5.38. The number of anilines is 1. The summed E-state index contributed by atoms with van der Waals surface area (Å²) >= 11 is 3.42. The first kappa shape index (κ1) is 22.7. The number of hydrogen-bond donors (Lipinski definition) is 1. The van der Waals surface area contributed by atoms with Gasteiger partial charge < -0.3 is 0 Å². The molecule has 0 unspecified atom stereocenters. The van der Waals surface area contributed by atoms with Crippen molar-refractivity contribution in [2.75, 3.05) is 4.90 Å². The van der Waals surface area contributed by atoms with Crippen molar-refractivity contribution in [1.82, 2.24) is 15.1 Å². The summed E-state index contributed by atoms with van der Waals surface area (Å²) in [6.07, 6.45) is 1.52. The van der Waals surface area contributed by atoms with Crippen LogP contribution in [0.4, 0.5) is 10.5 Å². The molecule has 1 aliphatic heterocycles. The normalized spacial score (nSPS) is 15.3. The van der Waals surface area contributed by atoms with Crippen LogP contribution in [0.25, 0.3) is 22.5 Å². The highest BCUT2D eigenvalue weighted by Crippen LogP contribution is 2.29. The number of nitrogens with zero attached hydrogens (tertiary/aromatic N) is 3. The molecule has 1 aromatic heterocycles. The molecule has 5 rings (SSSR count). The van der Waals surface area contributed by atoms with E-state index in [1.807, 2.05) is 67.9 Å². The van der Waals surface area contributed by atoms with E-state index in [9.17, 15) is 14.4 Å². The molecular formula is C27H21BrN4O3. The van der Waals surface area contributed by atoms with E-state index >= 15 is 0 Å². The fourth-order valence-corrected chi connectivity index (χ4v) is 4.54. The zero-order valence-electron chi connectivity index (χ0n) is 19.3. The maximum Gasteiger partial charge on any atom is 0.335 e. The van der Waals surface area contributed by atoms with E-state index in [0.29, 0.717) is 16.9 Å². The minimum atomic E-state index is -0.779. The number of barbiturate groups is 1. The first-order valence-electron chi connectivity index (χ1n) is 11.0. The molecule has 0 saturated carbocycles. The molecule has 1 saturated heterocycles. The molecule has 0 spiro atoms. The summed E-state index contributed by atoms with van der Waals surface area (Å²) in [5, 5.41) is 9.10. The number of imide groups is 2. The standard InChI is InChI=1S/C27H21BrN4O3/c1-15-13-19(11-12-23(15)28)31-26(34)22(25(33)29-27(31)35)14-21-16(2)30-32(17(21)3)24-10-6-8-18-7-4-5-9-20(18)24/h4-14H,1-3H3,(H,29,33,35)/b22-14+. The Morgan fingerprint density at radius 2 is 1.69 bits per heavy atom. The van der Waals surface area contributed by atoms with Crippen LogP contribution in [0.2, 0.25) is 0 Å². The third-order valence-electron chi connectivity index (χ3n) is 6.13. The maximum absolute atomic E-state index is 13.4. The molecule has 1 N–H and O–H groups in total. The topological polar surface area (TPSA) is 84.3 Å². The SMILES string of the molecule is Cc1cc(N2C(=O)NC(=O)/C(=C\c3c(C)nn(-c4cccc5ccccc45)c3C)C2=O)ccc1Br. The Bertz CT molecular complexity index is 1580. The molecule has 0 bridgehead atoms. The molecular weight excluding hydrogens is 508 g/mol. The molecule has 4 amide bonds. The number of aromatic nitrogens is 2. The molecule has 3 aromatic carbocycles. The highest BCUT2D eigenvalue weighted by molar-refractivity contribution is 9.10. The molecule has 0 radical (unpaired) electrons. The molecule has 174 valence electrons. The lowest BCUT2D eigenvalue weighted by atomic mass is 10.0. The summed E-state index contributed by atoms with van der Waals surface area (Å²) in [6.45, 7) is 5.57. The van der Waals surface area contributed by atoms with Gasteiger partial charge in [-0.3, -0.25) is 14.9 Å². The Kier molecular flexibility index (Phi) is 5.61. The van der Waals surface area contributed by atoms with Gasteiger partial charge in [0.2, 0.25) is 0 Å². The minimum absolute atomic E-state index is 0.131. The zero-order valence-corrected chi connectivity index (χ0v) is 20.9. The molecule has 0 aliphatic carbocycles. The smallest absolute Gasteiger partial charge is 0.273 e. The van der Waals surface area contributed by atoms with Crippen molar-refractivity contribution in [2.24, 2.45) is 0 Å². The van der Waals surface area contributed by atoms with E-state index in [1.54, 1.807) is 18.2 Å². The van der Waals surface area contributed by atoms with Crippen molar-refractivity contribution in [1.29, 1.82) is 0 Å². The van der Waals surface area contributed by atoms with Crippen LogP contribution in [0, 0.1) is 20.8 Å². The van der Waals surface area contributed by atoms with Gasteiger partial charge in [-0.15, -0.1) is 0 Å². The van der Waals surface area contributed by atoms with E-state index < -0.39 is 17.8 Å². The van der Waals surface area contributed by atoms with E-state index in [1.165, 1.54) is 6.08 Å².